The van der Waals surface area contributed by atoms with Crippen molar-refractivity contribution in [1.82, 2.24) is 15.2 Å². The molecule has 4 heteroatoms. The summed E-state index contributed by atoms with van der Waals surface area (Å²) in [5.74, 6) is 0.303. The molecule has 1 aromatic carbocycles. The lowest BCUT2D eigenvalue weighted by atomic mass is 9.80. The van der Waals surface area contributed by atoms with Crippen molar-refractivity contribution >= 4 is 16.8 Å². The molecule has 4 nitrogen and oxygen atoms in total. The molecule has 1 amide bonds. The van der Waals surface area contributed by atoms with Gasteiger partial charge in [0.1, 0.15) is 0 Å². The summed E-state index contributed by atoms with van der Waals surface area (Å²) in [5.41, 5.74) is 2.72. The standard InChI is InChI=1S/C22H31N3O/c1-2-25(18-14-22(24-16-18)12-6-3-7-13-22)21(26)11-10-17-15-23-20-9-5-4-8-19(17)20/h4-5,8-9,15,18,23-24H,2-3,6-7,10-14,16H2,1H3/t18-/m0/s1. The van der Waals surface area contributed by atoms with E-state index < -0.39 is 0 Å². The van der Waals surface area contributed by atoms with E-state index in [0.717, 1.165) is 31.4 Å². The van der Waals surface area contributed by atoms with Crippen molar-refractivity contribution in [2.24, 2.45) is 0 Å². The van der Waals surface area contributed by atoms with Gasteiger partial charge in [-0.3, -0.25) is 4.79 Å². The molecule has 2 fully saturated rings. The highest BCUT2D eigenvalue weighted by atomic mass is 16.2. The third-order valence-corrected chi connectivity index (χ3v) is 6.53. The maximum absolute atomic E-state index is 13.0. The van der Waals surface area contributed by atoms with Crippen molar-refractivity contribution in [3.8, 4) is 0 Å². The SMILES string of the molecule is CCN(C(=O)CCc1c[nH]c2ccccc12)[C@@H]1CNC2(CCCCC2)C1. The molecule has 1 saturated heterocycles. The van der Waals surface area contributed by atoms with Gasteiger partial charge in [-0.2, -0.15) is 0 Å². The number of nitrogens with one attached hydrogen (secondary N) is 2. The summed E-state index contributed by atoms with van der Waals surface area (Å²) in [5, 5.41) is 5.03. The summed E-state index contributed by atoms with van der Waals surface area (Å²) in [6.07, 6.45) is 11.2. The number of benzene rings is 1. The van der Waals surface area contributed by atoms with Crippen molar-refractivity contribution in [2.75, 3.05) is 13.1 Å². The highest BCUT2D eigenvalue weighted by Crippen LogP contribution is 2.36. The number of likely N-dealkylation sites (N-methyl/N-ethyl adjacent to an activating group) is 1. The zero-order valence-corrected chi connectivity index (χ0v) is 15.9. The third kappa shape index (κ3) is 3.39. The summed E-state index contributed by atoms with van der Waals surface area (Å²) in [6.45, 7) is 3.90. The smallest absolute Gasteiger partial charge is 0.223 e. The van der Waals surface area contributed by atoms with Gasteiger partial charge in [0.15, 0.2) is 0 Å². The Morgan fingerprint density at radius 1 is 1.23 bits per heavy atom. The van der Waals surface area contributed by atoms with Crippen molar-refractivity contribution in [3.05, 3.63) is 36.0 Å². The lowest BCUT2D eigenvalue weighted by Crippen LogP contribution is -2.42. The third-order valence-electron chi connectivity index (χ3n) is 6.53. The fourth-order valence-electron chi connectivity index (χ4n) is 5.12. The first-order chi connectivity index (χ1) is 12.7. The first kappa shape index (κ1) is 17.6. The van der Waals surface area contributed by atoms with Crippen LogP contribution in [0.1, 0.15) is 57.4 Å². The second-order valence-corrected chi connectivity index (χ2v) is 8.12. The molecule has 0 unspecified atom stereocenters. The number of hydrogen-bond donors (Lipinski definition) is 2. The largest absolute Gasteiger partial charge is 0.361 e. The lowest BCUT2D eigenvalue weighted by molar-refractivity contribution is -0.133. The second kappa shape index (κ2) is 7.43. The number of aromatic nitrogens is 1. The predicted octanol–water partition coefficient (Wildman–Crippen LogP) is 4.01. The Balaban J connectivity index is 1.38. The van der Waals surface area contributed by atoms with Gasteiger partial charge >= 0.3 is 0 Å². The molecule has 0 radical (unpaired) electrons. The number of amides is 1. The predicted molar refractivity (Wildman–Crippen MR) is 106 cm³/mol. The fourth-order valence-corrected chi connectivity index (χ4v) is 5.12. The minimum absolute atomic E-state index is 0.303. The molecule has 26 heavy (non-hydrogen) atoms. The molecule has 1 spiro atoms. The molecule has 4 rings (SSSR count). The van der Waals surface area contributed by atoms with E-state index in [-0.39, 0.29) is 0 Å². The van der Waals surface area contributed by atoms with Crippen LogP contribution in [0.4, 0.5) is 0 Å². The number of para-hydroxylation sites is 1. The van der Waals surface area contributed by atoms with Gasteiger partial charge < -0.3 is 15.2 Å². The van der Waals surface area contributed by atoms with E-state index in [4.69, 9.17) is 0 Å². The number of fused-ring (bicyclic) bond motifs is 1. The van der Waals surface area contributed by atoms with Gasteiger partial charge in [-0.05, 0) is 44.2 Å². The Hall–Kier alpha value is -1.81. The molecule has 2 aromatic rings. The van der Waals surface area contributed by atoms with E-state index in [2.05, 4.69) is 46.5 Å². The van der Waals surface area contributed by atoms with Crippen molar-refractivity contribution in [1.29, 1.82) is 0 Å². The van der Waals surface area contributed by atoms with E-state index in [1.807, 2.05) is 6.07 Å². The first-order valence-corrected chi connectivity index (χ1v) is 10.3. The van der Waals surface area contributed by atoms with Crippen LogP contribution in [0.5, 0.6) is 0 Å². The number of aryl methyl sites for hydroxylation is 1. The van der Waals surface area contributed by atoms with Gasteiger partial charge in [0.05, 0.1) is 0 Å². The van der Waals surface area contributed by atoms with Crippen LogP contribution >= 0.6 is 0 Å². The average molecular weight is 354 g/mol. The normalized spacial score (nSPS) is 22.1. The zero-order valence-electron chi connectivity index (χ0n) is 15.9. The summed E-state index contributed by atoms with van der Waals surface area (Å²) in [4.78, 5) is 18.4. The minimum atomic E-state index is 0.303. The Labute approximate surface area is 156 Å². The van der Waals surface area contributed by atoms with Crippen LogP contribution in [-0.4, -0.2) is 40.5 Å². The van der Waals surface area contributed by atoms with Crippen LogP contribution in [0.3, 0.4) is 0 Å². The second-order valence-electron chi connectivity index (χ2n) is 8.12. The number of carbonyl (C=O) groups excluding carboxylic acids is 1. The number of hydrogen-bond acceptors (Lipinski definition) is 2. The molecule has 1 aromatic heterocycles. The molecule has 1 aliphatic heterocycles. The van der Waals surface area contributed by atoms with Gasteiger partial charge in [-0.25, -0.2) is 0 Å². The molecule has 2 aliphatic rings. The quantitative estimate of drug-likeness (QED) is 0.853. The molecule has 1 atom stereocenters. The first-order valence-electron chi connectivity index (χ1n) is 10.3. The van der Waals surface area contributed by atoms with E-state index in [0.29, 0.717) is 23.9 Å². The summed E-state index contributed by atoms with van der Waals surface area (Å²) >= 11 is 0. The van der Waals surface area contributed by atoms with Gasteiger partial charge in [-0.1, -0.05) is 37.5 Å². The Morgan fingerprint density at radius 2 is 2.04 bits per heavy atom. The van der Waals surface area contributed by atoms with Crippen molar-refractivity contribution < 1.29 is 4.79 Å². The van der Waals surface area contributed by atoms with Gasteiger partial charge in [-0.15, -0.1) is 0 Å². The molecule has 1 saturated carbocycles. The fraction of sp³-hybridized carbons (Fsp3) is 0.591. The highest BCUT2D eigenvalue weighted by molar-refractivity contribution is 5.84. The van der Waals surface area contributed by atoms with Crippen molar-refractivity contribution in [2.45, 2.75) is 69.9 Å². The molecule has 1 aliphatic carbocycles. The van der Waals surface area contributed by atoms with Crippen LogP contribution in [0.15, 0.2) is 30.5 Å². The number of carbonyl (C=O) groups is 1. The van der Waals surface area contributed by atoms with Gasteiger partial charge in [0.2, 0.25) is 5.91 Å². The average Bonchev–Trinajstić information content (AvgIpc) is 3.26. The van der Waals surface area contributed by atoms with Crippen LogP contribution in [0.2, 0.25) is 0 Å². The van der Waals surface area contributed by atoms with Crippen LogP contribution in [0.25, 0.3) is 10.9 Å². The van der Waals surface area contributed by atoms with Crippen molar-refractivity contribution in [3.63, 3.8) is 0 Å². The Morgan fingerprint density at radius 3 is 2.85 bits per heavy atom. The Kier molecular flexibility index (Phi) is 5.03. The molecule has 140 valence electrons. The molecular formula is C22H31N3O. The molecule has 2 heterocycles. The van der Waals surface area contributed by atoms with Gasteiger partial charge in [0.25, 0.3) is 0 Å². The topological polar surface area (TPSA) is 48.1 Å². The minimum Gasteiger partial charge on any atom is -0.361 e. The summed E-state index contributed by atoms with van der Waals surface area (Å²) in [7, 11) is 0. The van der Waals surface area contributed by atoms with Crippen LogP contribution in [0, 0.1) is 0 Å². The molecule has 0 bridgehead atoms. The van der Waals surface area contributed by atoms with E-state index >= 15 is 0 Å². The number of H-pyrrole nitrogens is 1. The van der Waals surface area contributed by atoms with Crippen LogP contribution in [-0.2, 0) is 11.2 Å². The summed E-state index contributed by atoms with van der Waals surface area (Å²) in [6, 6.07) is 8.70. The maximum atomic E-state index is 13.0. The molecule has 2 N–H and O–H groups in total. The van der Waals surface area contributed by atoms with E-state index in [1.54, 1.807) is 0 Å². The van der Waals surface area contributed by atoms with E-state index in [9.17, 15) is 4.79 Å². The van der Waals surface area contributed by atoms with Crippen LogP contribution < -0.4 is 5.32 Å². The lowest BCUT2D eigenvalue weighted by Gasteiger charge is -2.35. The van der Waals surface area contributed by atoms with Gasteiger partial charge in [0, 0.05) is 48.2 Å². The number of rotatable bonds is 5. The highest BCUT2D eigenvalue weighted by Gasteiger charge is 2.41. The number of nitrogens with zero attached hydrogens (tertiary/aromatic N) is 1. The van der Waals surface area contributed by atoms with E-state index in [1.165, 1.54) is 43.1 Å². The zero-order chi connectivity index (χ0) is 18.0. The monoisotopic (exact) mass is 353 g/mol. The maximum Gasteiger partial charge on any atom is 0.223 e. The Bertz CT molecular complexity index is 760. The number of aromatic amines is 1. The summed E-state index contributed by atoms with van der Waals surface area (Å²) < 4.78 is 0. The molecular weight excluding hydrogens is 322 g/mol.